The SMILES string of the molecule is O=C(CCC1CCCC1)NC[C@H]1Cc2cc(Cl)cc(-c3ncccn3)c2O1. The fourth-order valence-electron chi connectivity index (χ4n) is 4.06. The minimum absolute atomic E-state index is 0.0867. The highest BCUT2D eigenvalue weighted by Crippen LogP contribution is 2.39. The molecule has 2 heterocycles. The summed E-state index contributed by atoms with van der Waals surface area (Å²) in [6.45, 7) is 0.505. The normalized spacial score (nSPS) is 18.9. The molecule has 2 aliphatic rings. The van der Waals surface area contributed by atoms with E-state index in [2.05, 4.69) is 15.3 Å². The number of carbonyl (C=O) groups excluding carboxylic acids is 1. The van der Waals surface area contributed by atoms with E-state index in [1.165, 1.54) is 25.7 Å². The topological polar surface area (TPSA) is 64.1 Å². The number of aromatic nitrogens is 2. The summed E-state index contributed by atoms with van der Waals surface area (Å²) in [7, 11) is 0. The van der Waals surface area contributed by atoms with Gasteiger partial charge in [-0.3, -0.25) is 4.79 Å². The second-order valence-electron chi connectivity index (χ2n) is 7.45. The predicted molar refractivity (Wildman–Crippen MR) is 105 cm³/mol. The number of hydrogen-bond donors (Lipinski definition) is 1. The molecule has 1 atom stereocenters. The van der Waals surface area contributed by atoms with Crippen molar-refractivity contribution in [2.45, 2.75) is 51.0 Å². The molecule has 6 heteroatoms. The number of amides is 1. The number of hydrogen-bond acceptors (Lipinski definition) is 4. The van der Waals surface area contributed by atoms with Gasteiger partial charge in [-0.2, -0.15) is 0 Å². The van der Waals surface area contributed by atoms with Gasteiger partial charge in [-0.05, 0) is 30.5 Å². The minimum atomic E-state index is -0.0867. The van der Waals surface area contributed by atoms with E-state index >= 15 is 0 Å². The molecule has 1 N–H and O–H groups in total. The number of ether oxygens (including phenoxy) is 1. The van der Waals surface area contributed by atoms with Gasteiger partial charge in [-0.15, -0.1) is 0 Å². The maximum Gasteiger partial charge on any atom is 0.220 e. The Bertz CT molecular complexity index is 807. The molecule has 0 spiro atoms. The Hall–Kier alpha value is -2.14. The molecule has 4 rings (SSSR count). The zero-order valence-electron chi connectivity index (χ0n) is 15.3. The molecule has 0 radical (unpaired) electrons. The van der Waals surface area contributed by atoms with Crippen LogP contribution in [0.4, 0.5) is 0 Å². The minimum Gasteiger partial charge on any atom is -0.487 e. The number of carbonyl (C=O) groups is 1. The van der Waals surface area contributed by atoms with Crippen LogP contribution in [0.25, 0.3) is 11.4 Å². The molecular formula is C21H24ClN3O2. The predicted octanol–water partition coefficient (Wildman–Crippen LogP) is 4.19. The van der Waals surface area contributed by atoms with Crippen molar-refractivity contribution in [3.05, 3.63) is 41.2 Å². The Morgan fingerprint density at radius 2 is 2.00 bits per heavy atom. The van der Waals surface area contributed by atoms with E-state index in [-0.39, 0.29) is 12.0 Å². The second kappa shape index (κ2) is 8.26. The first-order chi connectivity index (χ1) is 13.2. The van der Waals surface area contributed by atoms with Crippen molar-refractivity contribution >= 4 is 17.5 Å². The van der Waals surface area contributed by atoms with Gasteiger partial charge in [0.2, 0.25) is 5.91 Å². The van der Waals surface area contributed by atoms with Gasteiger partial charge in [0, 0.05) is 35.8 Å². The average Bonchev–Trinajstić information content (AvgIpc) is 3.34. The van der Waals surface area contributed by atoms with Crippen molar-refractivity contribution < 1.29 is 9.53 Å². The molecule has 2 aromatic rings. The molecule has 27 heavy (non-hydrogen) atoms. The van der Waals surface area contributed by atoms with Crippen LogP contribution in [-0.2, 0) is 11.2 Å². The molecule has 1 fully saturated rings. The lowest BCUT2D eigenvalue weighted by Crippen LogP contribution is -2.34. The summed E-state index contributed by atoms with van der Waals surface area (Å²) in [5.41, 5.74) is 1.84. The van der Waals surface area contributed by atoms with Crippen LogP contribution >= 0.6 is 11.6 Å². The molecule has 1 aliphatic heterocycles. The van der Waals surface area contributed by atoms with Gasteiger partial charge >= 0.3 is 0 Å². The molecule has 1 aliphatic carbocycles. The lowest BCUT2D eigenvalue weighted by Gasteiger charge is -2.14. The van der Waals surface area contributed by atoms with Crippen molar-refractivity contribution in [3.63, 3.8) is 0 Å². The summed E-state index contributed by atoms with van der Waals surface area (Å²) in [4.78, 5) is 20.8. The zero-order chi connectivity index (χ0) is 18.6. The van der Waals surface area contributed by atoms with Crippen LogP contribution in [0.1, 0.15) is 44.1 Å². The van der Waals surface area contributed by atoms with Crippen LogP contribution in [0.2, 0.25) is 5.02 Å². The fourth-order valence-corrected chi connectivity index (χ4v) is 4.30. The third-order valence-electron chi connectivity index (χ3n) is 5.45. The average molecular weight is 386 g/mol. The lowest BCUT2D eigenvalue weighted by molar-refractivity contribution is -0.121. The van der Waals surface area contributed by atoms with Gasteiger partial charge in [-0.25, -0.2) is 9.97 Å². The molecule has 0 saturated heterocycles. The van der Waals surface area contributed by atoms with Crippen molar-refractivity contribution in [2.75, 3.05) is 6.54 Å². The molecule has 1 saturated carbocycles. The van der Waals surface area contributed by atoms with Crippen LogP contribution in [0, 0.1) is 5.92 Å². The molecule has 1 aromatic carbocycles. The van der Waals surface area contributed by atoms with E-state index in [9.17, 15) is 4.79 Å². The van der Waals surface area contributed by atoms with E-state index < -0.39 is 0 Å². The van der Waals surface area contributed by atoms with Crippen LogP contribution in [0.15, 0.2) is 30.6 Å². The van der Waals surface area contributed by atoms with E-state index in [0.717, 1.165) is 35.6 Å². The van der Waals surface area contributed by atoms with Crippen molar-refractivity contribution in [1.82, 2.24) is 15.3 Å². The van der Waals surface area contributed by atoms with E-state index in [0.29, 0.717) is 23.8 Å². The molecule has 1 aromatic heterocycles. The number of benzene rings is 1. The van der Waals surface area contributed by atoms with E-state index in [4.69, 9.17) is 16.3 Å². The van der Waals surface area contributed by atoms with Gasteiger partial charge in [0.1, 0.15) is 11.9 Å². The maximum atomic E-state index is 12.2. The first-order valence-electron chi connectivity index (χ1n) is 9.72. The monoisotopic (exact) mass is 385 g/mol. The molecule has 142 valence electrons. The van der Waals surface area contributed by atoms with Crippen LogP contribution in [-0.4, -0.2) is 28.5 Å². The largest absolute Gasteiger partial charge is 0.487 e. The van der Waals surface area contributed by atoms with Crippen LogP contribution < -0.4 is 10.1 Å². The van der Waals surface area contributed by atoms with Gasteiger partial charge in [0.15, 0.2) is 5.82 Å². The summed E-state index contributed by atoms with van der Waals surface area (Å²) < 4.78 is 6.12. The fraction of sp³-hybridized carbons (Fsp3) is 0.476. The number of rotatable bonds is 6. The highest BCUT2D eigenvalue weighted by molar-refractivity contribution is 6.31. The number of halogens is 1. The van der Waals surface area contributed by atoms with Gasteiger partial charge in [0.25, 0.3) is 0 Å². The van der Waals surface area contributed by atoms with Gasteiger partial charge < -0.3 is 10.1 Å². The standard InChI is InChI=1S/C21H24ClN3O2/c22-16-10-15-11-17(13-25-19(26)7-6-14-4-1-2-5-14)27-20(15)18(12-16)21-23-8-3-9-24-21/h3,8-10,12,14,17H,1-2,4-7,11,13H2,(H,25,26)/t17-/m1/s1. The molecule has 1 amide bonds. The third-order valence-corrected chi connectivity index (χ3v) is 5.67. The molecular weight excluding hydrogens is 362 g/mol. The van der Waals surface area contributed by atoms with Crippen molar-refractivity contribution in [3.8, 4) is 17.1 Å². The quantitative estimate of drug-likeness (QED) is 0.809. The Balaban J connectivity index is 1.36. The molecule has 5 nitrogen and oxygen atoms in total. The van der Waals surface area contributed by atoms with Crippen LogP contribution in [0.5, 0.6) is 5.75 Å². The van der Waals surface area contributed by atoms with Gasteiger partial charge in [0.05, 0.1) is 12.1 Å². The first-order valence-corrected chi connectivity index (χ1v) is 10.1. The van der Waals surface area contributed by atoms with Crippen molar-refractivity contribution in [2.24, 2.45) is 5.92 Å². The Kier molecular flexibility index (Phi) is 5.58. The Morgan fingerprint density at radius 3 is 2.78 bits per heavy atom. The molecule has 0 unspecified atom stereocenters. The van der Waals surface area contributed by atoms with Gasteiger partial charge in [-0.1, -0.05) is 37.3 Å². The number of fused-ring (bicyclic) bond motifs is 1. The second-order valence-corrected chi connectivity index (χ2v) is 7.89. The Labute approximate surface area is 164 Å². The first kappa shape index (κ1) is 18.2. The number of nitrogens with one attached hydrogen (secondary N) is 1. The summed E-state index contributed by atoms with van der Waals surface area (Å²) in [5, 5.41) is 3.67. The highest BCUT2D eigenvalue weighted by Gasteiger charge is 2.28. The highest BCUT2D eigenvalue weighted by atomic mass is 35.5. The molecule has 0 bridgehead atoms. The van der Waals surface area contributed by atoms with Crippen molar-refractivity contribution in [1.29, 1.82) is 0 Å². The van der Waals surface area contributed by atoms with Crippen LogP contribution in [0.3, 0.4) is 0 Å². The summed E-state index contributed by atoms with van der Waals surface area (Å²) >= 11 is 6.28. The third kappa shape index (κ3) is 4.41. The maximum absolute atomic E-state index is 12.2. The Morgan fingerprint density at radius 1 is 1.22 bits per heavy atom. The summed E-state index contributed by atoms with van der Waals surface area (Å²) in [5.74, 6) is 2.22. The zero-order valence-corrected chi connectivity index (χ0v) is 16.0. The smallest absolute Gasteiger partial charge is 0.220 e. The number of nitrogens with zero attached hydrogens (tertiary/aromatic N) is 2. The summed E-state index contributed by atoms with van der Waals surface area (Å²) in [6, 6.07) is 5.53. The summed E-state index contributed by atoms with van der Waals surface area (Å²) in [6.07, 6.45) is 10.8. The lowest BCUT2D eigenvalue weighted by atomic mass is 10.0. The van der Waals surface area contributed by atoms with E-state index in [1.54, 1.807) is 18.5 Å². The van der Waals surface area contributed by atoms with E-state index in [1.807, 2.05) is 12.1 Å².